The van der Waals surface area contributed by atoms with Crippen molar-refractivity contribution >= 4 is 34.4 Å². The minimum Gasteiger partial charge on any atom is -0.341 e. The van der Waals surface area contributed by atoms with Crippen molar-refractivity contribution in [2.45, 2.75) is 58.5 Å². The Kier molecular flexibility index (Phi) is 5.90. The SMILES string of the molecule is Cc1ccc(NC(=S)N(Cc2cccs2)C2CCCCC2)cc1C. The van der Waals surface area contributed by atoms with Crippen LogP contribution in [-0.4, -0.2) is 16.1 Å². The summed E-state index contributed by atoms with van der Waals surface area (Å²) in [5, 5.41) is 6.49. The molecule has 0 unspecified atom stereocenters. The van der Waals surface area contributed by atoms with Crippen LogP contribution in [0.1, 0.15) is 48.1 Å². The number of hydrogen-bond donors (Lipinski definition) is 1. The molecule has 0 aliphatic heterocycles. The molecule has 1 saturated carbocycles. The molecule has 128 valence electrons. The summed E-state index contributed by atoms with van der Waals surface area (Å²) in [6.45, 7) is 5.20. The molecule has 24 heavy (non-hydrogen) atoms. The first-order valence-corrected chi connectivity index (χ1v) is 10.1. The van der Waals surface area contributed by atoms with E-state index in [-0.39, 0.29) is 0 Å². The van der Waals surface area contributed by atoms with Crippen molar-refractivity contribution in [3.63, 3.8) is 0 Å². The van der Waals surface area contributed by atoms with Crippen LogP contribution in [0.2, 0.25) is 0 Å². The number of benzene rings is 1. The van der Waals surface area contributed by atoms with E-state index in [0.29, 0.717) is 6.04 Å². The highest BCUT2D eigenvalue weighted by molar-refractivity contribution is 7.80. The smallest absolute Gasteiger partial charge is 0.174 e. The Balaban J connectivity index is 1.75. The summed E-state index contributed by atoms with van der Waals surface area (Å²) in [6, 6.07) is 11.4. The Morgan fingerprint density at radius 3 is 2.62 bits per heavy atom. The molecule has 2 nitrogen and oxygen atoms in total. The molecule has 1 heterocycles. The molecule has 3 rings (SSSR count). The van der Waals surface area contributed by atoms with E-state index in [1.165, 1.54) is 48.1 Å². The number of thiophene rings is 1. The number of anilines is 1. The average molecular weight is 359 g/mol. The third kappa shape index (κ3) is 4.37. The summed E-state index contributed by atoms with van der Waals surface area (Å²) < 4.78 is 0. The maximum atomic E-state index is 5.81. The molecule has 1 aliphatic carbocycles. The zero-order valence-corrected chi connectivity index (χ0v) is 16.2. The molecule has 0 atom stereocenters. The first kappa shape index (κ1) is 17.4. The zero-order chi connectivity index (χ0) is 16.9. The van der Waals surface area contributed by atoms with E-state index < -0.39 is 0 Å². The quantitative estimate of drug-likeness (QED) is 0.685. The fourth-order valence-electron chi connectivity index (χ4n) is 3.34. The van der Waals surface area contributed by atoms with Crippen LogP contribution in [-0.2, 0) is 6.54 Å². The predicted octanol–water partition coefficient (Wildman–Crippen LogP) is 5.90. The Bertz CT molecular complexity index is 673. The molecule has 1 aliphatic rings. The molecule has 0 saturated heterocycles. The van der Waals surface area contributed by atoms with Crippen LogP contribution in [0.25, 0.3) is 0 Å². The van der Waals surface area contributed by atoms with Gasteiger partial charge in [0.25, 0.3) is 0 Å². The van der Waals surface area contributed by atoms with Crippen molar-refractivity contribution in [1.29, 1.82) is 0 Å². The van der Waals surface area contributed by atoms with Crippen LogP contribution >= 0.6 is 23.6 Å². The maximum Gasteiger partial charge on any atom is 0.174 e. The Morgan fingerprint density at radius 1 is 1.17 bits per heavy atom. The molecule has 1 aromatic carbocycles. The van der Waals surface area contributed by atoms with E-state index in [0.717, 1.165) is 17.3 Å². The van der Waals surface area contributed by atoms with Gasteiger partial charge in [0.15, 0.2) is 5.11 Å². The van der Waals surface area contributed by atoms with E-state index in [4.69, 9.17) is 12.2 Å². The van der Waals surface area contributed by atoms with Crippen LogP contribution in [0.4, 0.5) is 5.69 Å². The number of rotatable bonds is 4. The van der Waals surface area contributed by atoms with Crippen molar-refractivity contribution in [3.8, 4) is 0 Å². The number of thiocarbonyl (C=S) groups is 1. The fourth-order valence-corrected chi connectivity index (χ4v) is 4.38. The molecule has 0 radical (unpaired) electrons. The normalized spacial score (nSPS) is 15.2. The van der Waals surface area contributed by atoms with Gasteiger partial charge in [-0.2, -0.15) is 0 Å². The first-order valence-electron chi connectivity index (χ1n) is 8.81. The summed E-state index contributed by atoms with van der Waals surface area (Å²) in [7, 11) is 0. The monoisotopic (exact) mass is 358 g/mol. The van der Waals surface area contributed by atoms with Gasteiger partial charge in [-0.25, -0.2) is 0 Å². The predicted molar refractivity (Wildman–Crippen MR) is 109 cm³/mol. The van der Waals surface area contributed by atoms with E-state index >= 15 is 0 Å². The third-order valence-electron chi connectivity index (χ3n) is 4.94. The van der Waals surface area contributed by atoms with Crippen molar-refractivity contribution < 1.29 is 0 Å². The maximum absolute atomic E-state index is 5.81. The van der Waals surface area contributed by atoms with E-state index in [2.05, 4.69) is 59.8 Å². The highest BCUT2D eigenvalue weighted by Crippen LogP contribution is 2.26. The molecule has 0 amide bonds. The summed E-state index contributed by atoms with van der Waals surface area (Å²) >= 11 is 7.62. The van der Waals surface area contributed by atoms with Crippen molar-refractivity contribution in [2.24, 2.45) is 0 Å². The van der Waals surface area contributed by atoms with Gasteiger partial charge in [0.1, 0.15) is 0 Å². The van der Waals surface area contributed by atoms with Gasteiger partial charge >= 0.3 is 0 Å². The molecule has 2 aromatic rings. The minimum atomic E-state index is 0.562. The second-order valence-electron chi connectivity index (χ2n) is 6.73. The van der Waals surface area contributed by atoms with E-state index in [1.54, 1.807) is 0 Å². The number of nitrogens with one attached hydrogen (secondary N) is 1. The fraction of sp³-hybridized carbons (Fsp3) is 0.450. The van der Waals surface area contributed by atoms with Gasteiger partial charge in [-0.05, 0) is 73.6 Å². The van der Waals surface area contributed by atoms with E-state index in [9.17, 15) is 0 Å². The van der Waals surface area contributed by atoms with Gasteiger partial charge in [0.2, 0.25) is 0 Å². The Morgan fingerprint density at radius 2 is 1.96 bits per heavy atom. The van der Waals surface area contributed by atoms with Crippen LogP contribution in [0.3, 0.4) is 0 Å². The van der Waals surface area contributed by atoms with Crippen molar-refractivity contribution in [1.82, 2.24) is 4.90 Å². The van der Waals surface area contributed by atoms with Crippen molar-refractivity contribution in [2.75, 3.05) is 5.32 Å². The lowest BCUT2D eigenvalue weighted by Crippen LogP contribution is -2.43. The largest absolute Gasteiger partial charge is 0.341 e. The third-order valence-corrected chi connectivity index (χ3v) is 6.14. The topological polar surface area (TPSA) is 15.3 Å². The first-order chi connectivity index (χ1) is 11.6. The molecule has 1 fully saturated rings. The summed E-state index contributed by atoms with van der Waals surface area (Å²) in [5.41, 5.74) is 3.70. The molecular weight excluding hydrogens is 332 g/mol. The lowest BCUT2D eigenvalue weighted by molar-refractivity contribution is 0.242. The van der Waals surface area contributed by atoms with Crippen LogP contribution in [0, 0.1) is 13.8 Å². The highest BCUT2D eigenvalue weighted by atomic mass is 32.1. The zero-order valence-electron chi connectivity index (χ0n) is 14.5. The number of hydrogen-bond acceptors (Lipinski definition) is 2. The van der Waals surface area contributed by atoms with Crippen LogP contribution < -0.4 is 5.32 Å². The average Bonchev–Trinajstić information content (AvgIpc) is 3.10. The minimum absolute atomic E-state index is 0.562. The molecule has 1 N–H and O–H groups in total. The van der Waals surface area contributed by atoms with Gasteiger partial charge in [0, 0.05) is 16.6 Å². The lowest BCUT2D eigenvalue weighted by Gasteiger charge is -2.36. The molecular formula is C20H26N2S2. The second kappa shape index (κ2) is 8.13. The molecule has 1 aromatic heterocycles. The number of aryl methyl sites for hydroxylation is 2. The lowest BCUT2D eigenvalue weighted by atomic mass is 9.94. The standard InChI is InChI=1S/C20H26N2S2/c1-15-10-11-17(13-16(15)2)21-20(23)22(14-19-9-6-12-24-19)18-7-4-3-5-8-18/h6,9-13,18H,3-5,7-8,14H2,1-2H3,(H,21,23). The van der Waals surface area contributed by atoms with Gasteiger partial charge in [0.05, 0.1) is 6.54 Å². The van der Waals surface area contributed by atoms with Gasteiger partial charge < -0.3 is 10.2 Å². The van der Waals surface area contributed by atoms with Crippen LogP contribution in [0.15, 0.2) is 35.7 Å². The van der Waals surface area contributed by atoms with Crippen LogP contribution in [0.5, 0.6) is 0 Å². The number of nitrogens with zero attached hydrogens (tertiary/aromatic N) is 1. The van der Waals surface area contributed by atoms with Gasteiger partial charge in [-0.1, -0.05) is 31.4 Å². The Hall–Kier alpha value is -1.39. The summed E-state index contributed by atoms with van der Waals surface area (Å²) in [6.07, 6.45) is 6.50. The molecule has 0 bridgehead atoms. The molecule has 0 spiro atoms. The van der Waals surface area contributed by atoms with Gasteiger partial charge in [-0.15, -0.1) is 11.3 Å². The highest BCUT2D eigenvalue weighted by Gasteiger charge is 2.23. The van der Waals surface area contributed by atoms with Crippen molar-refractivity contribution in [3.05, 3.63) is 51.7 Å². The Labute approximate surface area is 154 Å². The summed E-state index contributed by atoms with van der Waals surface area (Å²) in [5.74, 6) is 0. The molecule has 4 heteroatoms. The van der Waals surface area contributed by atoms with Gasteiger partial charge in [-0.3, -0.25) is 0 Å². The van der Waals surface area contributed by atoms with E-state index in [1.807, 2.05) is 11.3 Å². The summed E-state index contributed by atoms with van der Waals surface area (Å²) in [4.78, 5) is 3.79. The second-order valence-corrected chi connectivity index (χ2v) is 8.15.